The Labute approximate surface area is 136 Å². The summed E-state index contributed by atoms with van der Waals surface area (Å²) in [6.45, 7) is 2.42. The summed E-state index contributed by atoms with van der Waals surface area (Å²) in [5, 5.41) is 12.8. The van der Waals surface area contributed by atoms with Gasteiger partial charge in [-0.25, -0.2) is 0 Å². The Hall–Kier alpha value is -2.31. The van der Waals surface area contributed by atoms with Crippen molar-refractivity contribution in [1.82, 2.24) is 10.2 Å². The Balaban J connectivity index is 1.80. The standard InChI is InChI=1S/C17H24N4O2/c18-7-5-14(9-19)17(23)20-10-16(22)12-21-8-6-13-3-1-2-4-15(13)11-21/h1-5,7,9,16,22H,6,8,10-12,18-19H2,(H,20,23)/b7-5-,14-9+/t16-/m1/s1. The molecule has 0 radical (unpaired) electrons. The molecule has 0 aromatic heterocycles. The fraction of sp³-hybridized carbons (Fsp3) is 0.353. The molecule has 1 atom stereocenters. The van der Waals surface area contributed by atoms with E-state index >= 15 is 0 Å². The summed E-state index contributed by atoms with van der Waals surface area (Å²) < 4.78 is 0. The molecule has 0 saturated carbocycles. The van der Waals surface area contributed by atoms with Gasteiger partial charge in [0.2, 0.25) is 0 Å². The van der Waals surface area contributed by atoms with E-state index in [1.165, 1.54) is 29.6 Å². The van der Waals surface area contributed by atoms with Crippen LogP contribution in [0.1, 0.15) is 11.1 Å². The van der Waals surface area contributed by atoms with Gasteiger partial charge < -0.3 is 21.9 Å². The van der Waals surface area contributed by atoms with Crippen molar-refractivity contribution < 1.29 is 9.90 Å². The van der Waals surface area contributed by atoms with Crippen molar-refractivity contribution in [3.05, 3.63) is 59.4 Å². The topological polar surface area (TPSA) is 105 Å². The summed E-state index contributed by atoms with van der Waals surface area (Å²) in [5.41, 5.74) is 13.6. The molecule has 1 aromatic carbocycles. The number of carbonyl (C=O) groups is 1. The number of nitrogens with one attached hydrogen (secondary N) is 1. The van der Waals surface area contributed by atoms with Crippen LogP contribution >= 0.6 is 0 Å². The van der Waals surface area contributed by atoms with Gasteiger partial charge in [0, 0.05) is 32.4 Å². The van der Waals surface area contributed by atoms with Crippen molar-refractivity contribution in [3.63, 3.8) is 0 Å². The van der Waals surface area contributed by atoms with Gasteiger partial charge >= 0.3 is 0 Å². The largest absolute Gasteiger partial charge is 0.405 e. The highest BCUT2D eigenvalue weighted by atomic mass is 16.3. The maximum absolute atomic E-state index is 11.8. The molecule has 0 fully saturated rings. The maximum Gasteiger partial charge on any atom is 0.252 e. The SMILES string of the molecule is N/C=C\C(=C/N)C(=O)NC[C@@H](O)CN1CCc2ccccc2C1. The summed E-state index contributed by atoms with van der Waals surface area (Å²) in [6.07, 6.45) is 4.21. The Bertz CT molecular complexity index is 598. The lowest BCUT2D eigenvalue weighted by Crippen LogP contribution is -2.42. The lowest BCUT2D eigenvalue weighted by Gasteiger charge is -2.30. The smallest absolute Gasteiger partial charge is 0.252 e. The molecule has 124 valence electrons. The molecule has 2 rings (SSSR count). The van der Waals surface area contributed by atoms with E-state index in [-0.39, 0.29) is 18.0 Å². The molecule has 1 aromatic rings. The molecule has 0 unspecified atom stereocenters. The molecule has 6 nitrogen and oxygen atoms in total. The normalized spacial score (nSPS) is 17.0. The quantitative estimate of drug-likeness (QED) is 0.431. The van der Waals surface area contributed by atoms with Crippen LogP contribution in [0.25, 0.3) is 0 Å². The lowest BCUT2D eigenvalue weighted by atomic mass is 10.00. The van der Waals surface area contributed by atoms with E-state index in [9.17, 15) is 9.90 Å². The number of carbonyl (C=O) groups excluding carboxylic acids is 1. The zero-order valence-electron chi connectivity index (χ0n) is 13.1. The molecule has 1 aliphatic heterocycles. The van der Waals surface area contributed by atoms with Gasteiger partial charge in [0.15, 0.2) is 0 Å². The summed E-state index contributed by atoms with van der Waals surface area (Å²) in [6, 6.07) is 8.35. The van der Waals surface area contributed by atoms with E-state index in [2.05, 4.69) is 28.4 Å². The highest BCUT2D eigenvalue weighted by molar-refractivity contribution is 5.95. The molecule has 23 heavy (non-hydrogen) atoms. The van der Waals surface area contributed by atoms with Gasteiger partial charge in [0.25, 0.3) is 5.91 Å². The fourth-order valence-electron chi connectivity index (χ4n) is 2.70. The zero-order valence-corrected chi connectivity index (χ0v) is 13.1. The van der Waals surface area contributed by atoms with E-state index in [0.717, 1.165) is 19.5 Å². The van der Waals surface area contributed by atoms with Crippen LogP contribution in [-0.2, 0) is 17.8 Å². The third-order valence-electron chi connectivity index (χ3n) is 3.89. The average Bonchev–Trinajstić information content (AvgIpc) is 2.57. The Morgan fingerprint density at radius 1 is 1.35 bits per heavy atom. The Kier molecular flexibility index (Phi) is 6.19. The molecule has 0 spiro atoms. The molecule has 6 N–H and O–H groups in total. The second-order valence-electron chi connectivity index (χ2n) is 5.60. The van der Waals surface area contributed by atoms with Gasteiger partial charge in [-0.1, -0.05) is 24.3 Å². The van der Waals surface area contributed by atoms with E-state index < -0.39 is 6.10 Å². The van der Waals surface area contributed by atoms with Gasteiger partial charge in [0.05, 0.1) is 11.7 Å². The number of aliphatic hydroxyl groups is 1. The van der Waals surface area contributed by atoms with Crippen LogP contribution in [-0.4, -0.2) is 41.7 Å². The number of rotatable bonds is 6. The minimum Gasteiger partial charge on any atom is -0.405 e. The number of fused-ring (bicyclic) bond motifs is 1. The first-order valence-corrected chi connectivity index (χ1v) is 7.69. The minimum absolute atomic E-state index is 0.173. The van der Waals surface area contributed by atoms with Gasteiger partial charge in [-0.3, -0.25) is 9.69 Å². The zero-order chi connectivity index (χ0) is 16.7. The number of nitrogens with two attached hydrogens (primary N) is 2. The van der Waals surface area contributed by atoms with Crippen LogP contribution in [0, 0.1) is 0 Å². The van der Waals surface area contributed by atoms with Gasteiger partial charge in [-0.05, 0) is 29.8 Å². The van der Waals surface area contributed by atoms with Gasteiger partial charge in [0.1, 0.15) is 0 Å². The van der Waals surface area contributed by atoms with E-state index in [4.69, 9.17) is 11.5 Å². The third-order valence-corrected chi connectivity index (χ3v) is 3.89. The summed E-state index contributed by atoms with van der Waals surface area (Å²) in [4.78, 5) is 14.0. The first-order valence-electron chi connectivity index (χ1n) is 7.69. The lowest BCUT2D eigenvalue weighted by molar-refractivity contribution is -0.117. The number of amides is 1. The molecular weight excluding hydrogens is 292 g/mol. The Morgan fingerprint density at radius 3 is 2.78 bits per heavy atom. The summed E-state index contributed by atoms with van der Waals surface area (Å²) in [7, 11) is 0. The number of hydrogen-bond acceptors (Lipinski definition) is 5. The van der Waals surface area contributed by atoms with E-state index in [0.29, 0.717) is 6.54 Å². The molecular formula is C17H24N4O2. The van der Waals surface area contributed by atoms with Gasteiger partial charge in [-0.15, -0.1) is 0 Å². The van der Waals surface area contributed by atoms with Crippen LogP contribution < -0.4 is 16.8 Å². The monoisotopic (exact) mass is 316 g/mol. The van der Waals surface area contributed by atoms with Crippen LogP contribution in [0.15, 0.2) is 48.3 Å². The predicted octanol–water partition coefficient (Wildman–Crippen LogP) is -0.163. The first kappa shape index (κ1) is 17.1. The number of benzene rings is 1. The maximum atomic E-state index is 11.8. The number of hydrogen-bond donors (Lipinski definition) is 4. The second kappa shape index (κ2) is 8.36. The van der Waals surface area contributed by atoms with Crippen molar-refractivity contribution in [2.75, 3.05) is 19.6 Å². The van der Waals surface area contributed by atoms with Crippen molar-refractivity contribution in [2.24, 2.45) is 11.5 Å². The minimum atomic E-state index is -0.634. The van der Waals surface area contributed by atoms with Crippen molar-refractivity contribution in [1.29, 1.82) is 0 Å². The first-order chi connectivity index (χ1) is 11.1. The molecule has 0 bridgehead atoms. The molecule has 0 aliphatic carbocycles. The highest BCUT2D eigenvalue weighted by Gasteiger charge is 2.18. The summed E-state index contributed by atoms with van der Waals surface area (Å²) in [5.74, 6) is -0.350. The molecule has 1 amide bonds. The number of β-amino-alcohol motifs (C(OH)–C–C–N with tert-alkyl or cyclic N) is 1. The van der Waals surface area contributed by atoms with Crippen molar-refractivity contribution >= 4 is 5.91 Å². The number of nitrogens with zero attached hydrogens (tertiary/aromatic N) is 1. The van der Waals surface area contributed by atoms with E-state index in [1.54, 1.807) is 0 Å². The molecule has 0 saturated heterocycles. The van der Waals surface area contributed by atoms with Gasteiger partial charge in [-0.2, -0.15) is 0 Å². The molecule has 1 heterocycles. The van der Waals surface area contributed by atoms with Crippen LogP contribution in [0.5, 0.6) is 0 Å². The van der Waals surface area contributed by atoms with Crippen molar-refractivity contribution in [2.45, 2.75) is 19.1 Å². The average molecular weight is 316 g/mol. The highest BCUT2D eigenvalue weighted by Crippen LogP contribution is 2.18. The van der Waals surface area contributed by atoms with Crippen LogP contribution in [0.2, 0.25) is 0 Å². The van der Waals surface area contributed by atoms with Crippen molar-refractivity contribution in [3.8, 4) is 0 Å². The fourth-order valence-corrected chi connectivity index (χ4v) is 2.70. The Morgan fingerprint density at radius 2 is 2.09 bits per heavy atom. The molecule has 1 aliphatic rings. The predicted molar refractivity (Wildman–Crippen MR) is 90.0 cm³/mol. The van der Waals surface area contributed by atoms with E-state index in [1.807, 2.05) is 6.07 Å². The van der Waals surface area contributed by atoms with Crippen LogP contribution in [0.4, 0.5) is 0 Å². The van der Waals surface area contributed by atoms with Crippen LogP contribution in [0.3, 0.4) is 0 Å². The summed E-state index contributed by atoms with van der Waals surface area (Å²) >= 11 is 0. The molecule has 6 heteroatoms. The third kappa shape index (κ3) is 4.84. The number of aliphatic hydroxyl groups excluding tert-OH is 1. The second-order valence-corrected chi connectivity index (χ2v) is 5.60.